The highest BCUT2D eigenvalue weighted by molar-refractivity contribution is 5.85. The van der Waals surface area contributed by atoms with Crippen molar-refractivity contribution in [2.45, 2.75) is 37.8 Å². The number of carbonyl (C=O) groups excluding carboxylic acids is 1. The minimum Gasteiger partial charge on any atom is -0.481 e. The van der Waals surface area contributed by atoms with Gasteiger partial charge >= 0.3 is 5.97 Å². The first-order chi connectivity index (χ1) is 11.5. The maximum Gasteiger partial charge on any atom is 0.303 e. The first kappa shape index (κ1) is 21.3. The van der Waals surface area contributed by atoms with Crippen molar-refractivity contribution in [3.63, 3.8) is 0 Å². The molecule has 25 heavy (non-hydrogen) atoms. The number of nitrogens with zero attached hydrogens (tertiary/aromatic N) is 2. The summed E-state index contributed by atoms with van der Waals surface area (Å²) in [5, 5.41) is 31.5. The Labute approximate surface area is 151 Å². The topological polar surface area (TPSA) is 164 Å². The number of amides is 1. The van der Waals surface area contributed by atoms with Gasteiger partial charge in [0.15, 0.2) is 0 Å². The number of nitrogens with one attached hydrogen (secondary N) is 2. The maximum absolute atomic E-state index is 12.4. The molecule has 2 heterocycles. The molecule has 0 aliphatic carbocycles. The lowest BCUT2D eigenvalue weighted by Gasteiger charge is -2.24. The fourth-order valence-corrected chi connectivity index (χ4v) is 2.51. The third-order valence-corrected chi connectivity index (χ3v) is 3.94. The molecule has 2 rings (SSSR count). The standard InChI is InChI=1S/C14H23N5O5.ClH/c15-9(7-20)13-18-19-14(24-13)10(1-2-11(21)22)17-12(23)8-3-5-16-6-4-8;/h8-10,16,20H,1-7,15H2,(H,17,23)(H,21,22);1H/t9-,10-;/m0./s1. The van der Waals surface area contributed by atoms with E-state index in [0.29, 0.717) is 0 Å². The maximum atomic E-state index is 12.4. The molecule has 2 atom stereocenters. The summed E-state index contributed by atoms with van der Waals surface area (Å²) in [5.74, 6) is -1.12. The van der Waals surface area contributed by atoms with Gasteiger partial charge in [0, 0.05) is 12.3 Å². The fourth-order valence-electron chi connectivity index (χ4n) is 2.51. The molecule has 0 unspecified atom stereocenters. The number of carbonyl (C=O) groups is 2. The van der Waals surface area contributed by atoms with Crippen LogP contribution in [0.15, 0.2) is 4.42 Å². The lowest BCUT2D eigenvalue weighted by atomic mass is 9.96. The van der Waals surface area contributed by atoms with Crippen molar-refractivity contribution in [1.29, 1.82) is 0 Å². The highest BCUT2D eigenvalue weighted by Crippen LogP contribution is 2.21. The van der Waals surface area contributed by atoms with Gasteiger partial charge in [-0.05, 0) is 32.4 Å². The van der Waals surface area contributed by atoms with Crippen LogP contribution in [0.4, 0.5) is 0 Å². The van der Waals surface area contributed by atoms with Gasteiger partial charge in [-0.1, -0.05) is 0 Å². The molecule has 10 nitrogen and oxygen atoms in total. The molecule has 1 aromatic rings. The third-order valence-electron chi connectivity index (χ3n) is 3.94. The molecule has 0 radical (unpaired) electrons. The van der Waals surface area contributed by atoms with E-state index < -0.39 is 18.1 Å². The molecule has 1 aromatic heterocycles. The van der Waals surface area contributed by atoms with Crippen molar-refractivity contribution in [3.8, 4) is 0 Å². The molecule has 1 saturated heterocycles. The lowest BCUT2D eigenvalue weighted by molar-refractivity contribution is -0.137. The third kappa shape index (κ3) is 6.24. The van der Waals surface area contributed by atoms with E-state index in [2.05, 4.69) is 20.8 Å². The number of aliphatic hydroxyl groups excluding tert-OH is 1. The van der Waals surface area contributed by atoms with Crippen molar-refractivity contribution in [2.24, 2.45) is 11.7 Å². The van der Waals surface area contributed by atoms with Crippen molar-refractivity contribution in [2.75, 3.05) is 19.7 Å². The Bertz CT molecular complexity index is 564. The summed E-state index contributed by atoms with van der Waals surface area (Å²) in [6.07, 6.45) is 1.42. The second-order valence-corrected chi connectivity index (χ2v) is 5.79. The minimum absolute atomic E-state index is 0. The monoisotopic (exact) mass is 377 g/mol. The summed E-state index contributed by atoms with van der Waals surface area (Å²) >= 11 is 0. The number of aliphatic hydroxyl groups is 1. The summed E-state index contributed by atoms with van der Waals surface area (Å²) in [7, 11) is 0. The molecular formula is C14H24ClN5O5. The Hall–Kier alpha value is -1.75. The van der Waals surface area contributed by atoms with Gasteiger partial charge in [0.1, 0.15) is 12.1 Å². The predicted molar refractivity (Wildman–Crippen MR) is 88.9 cm³/mol. The van der Waals surface area contributed by atoms with Crippen molar-refractivity contribution < 1.29 is 24.2 Å². The molecule has 142 valence electrons. The number of hydrogen-bond donors (Lipinski definition) is 5. The Kier molecular flexibility index (Phi) is 8.76. The number of rotatable bonds is 8. The minimum atomic E-state index is -0.983. The van der Waals surface area contributed by atoms with Crippen molar-refractivity contribution in [3.05, 3.63) is 11.8 Å². The SMILES string of the molecule is Cl.N[C@@H](CO)c1nnc([C@H](CCC(=O)O)NC(=O)C2CCNCC2)o1. The molecule has 0 bridgehead atoms. The summed E-state index contributed by atoms with van der Waals surface area (Å²) in [5.41, 5.74) is 5.61. The Morgan fingerprint density at radius 2 is 1.96 bits per heavy atom. The van der Waals surface area contributed by atoms with Gasteiger partial charge in [-0.3, -0.25) is 9.59 Å². The van der Waals surface area contributed by atoms with E-state index in [-0.39, 0.29) is 55.5 Å². The number of aromatic nitrogens is 2. The second kappa shape index (κ2) is 10.3. The zero-order valence-corrected chi connectivity index (χ0v) is 14.5. The van der Waals surface area contributed by atoms with Gasteiger partial charge in [-0.25, -0.2) is 0 Å². The second-order valence-electron chi connectivity index (χ2n) is 5.79. The van der Waals surface area contributed by atoms with E-state index in [9.17, 15) is 9.59 Å². The summed E-state index contributed by atoms with van der Waals surface area (Å²) in [4.78, 5) is 23.2. The molecule has 0 spiro atoms. The number of halogens is 1. The average molecular weight is 378 g/mol. The van der Waals surface area contributed by atoms with Crippen LogP contribution in [0.25, 0.3) is 0 Å². The summed E-state index contributed by atoms with van der Waals surface area (Å²) in [6, 6.07) is -1.51. The van der Waals surface area contributed by atoms with Gasteiger partial charge in [0.25, 0.3) is 0 Å². The van der Waals surface area contributed by atoms with Crippen LogP contribution in [-0.4, -0.2) is 52.0 Å². The molecule has 0 aromatic carbocycles. The van der Waals surface area contributed by atoms with Crippen LogP contribution in [0, 0.1) is 5.92 Å². The van der Waals surface area contributed by atoms with Crippen LogP contribution in [0.1, 0.15) is 49.5 Å². The smallest absolute Gasteiger partial charge is 0.303 e. The number of carboxylic acids is 1. The first-order valence-electron chi connectivity index (χ1n) is 7.94. The average Bonchev–Trinajstić information content (AvgIpc) is 3.08. The van der Waals surface area contributed by atoms with E-state index in [1.54, 1.807) is 0 Å². The Morgan fingerprint density at radius 3 is 2.56 bits per heavy atom. The number of piperidine rings is 1. The van der Waals surface area contributed by atoms with Crippen molar-refractivity contribution in [1.82, 2.24) is 20.8 Å². The highest BCUT2D eigenvalue weighted by Gasteiger charge is 2.27. The van der Waals surface area contributed by atoms with Crippen molar-refractivity contribution >= 4 is 24.3 Å². The number of aliphatic carboxylic acids is 1. The zero-order chi connectivity index (χ0) is 17.5. The lowest BCUT2D eigenvalue weighted by Crippen LogP contribution is -2.39. The van der Waals surface area contributed by atoms with Crippen LogP contribution < -0.4 is 16.4 Å². The highest BCUT2D eigenvalue weighted by atomic mass is 35.5. The van der Waals surface area contributed by atoms with E-state index in [1.807, 2.05) is 0 Å². The van der Waals surface area contributed by atoms with E-state index in [4.69, 9.17) is 20.4 Å². The summed E-state index contributed by atoms with van der Waals surface area (Å²) in [6.45, 7) is 1.19. The Balaban J connectivity index is 0.00000312. The van der Waals surface area contributed by atoms with Crippen LogP contribution in [0.3, 0.4) is 0 Å². The molecule has 0 saturated carbocycles. The van der Waals surface area contributed by atoms with Crippen LogP contribution in [0.5, 0.6) is 0 Å². The van der Waals surface area contributed by atoms with Gasteiger partial charge in [-0.15, -0.1) is 22.6 Å². The zero-order valence-electron chi connectivity index (χ0n) is 13.7. The fraction of sp³-hybridized carbons (Fsp3) is 0.714. The van der Waals surface area contributed by atoms with Crippen LogP contribution in [-0.2, 0) is 9.59 Å². The number of hydrogen-bond acceptors (Lipinski definition) is 8. The van der Waals surface area contributed by atoms with Gasteiger partial charge in [0.05, 0.1) is 6.61 Å². The molecular weight excluding hydrogens is 354 g/mol. The first-order valence-corrected chi connectivity index (χ1v) is 7.94. The quantitative estimate of drug-likeness (QED) is 0.401. The number of nitrogens with two attached hydrogens (primary N) is 1. The molecule has 1 amide bonds. The van der Waals surface area contributed by atoms with Crippen LogP contribution >= 0.6 is 12.4 Å². The largest absolute Gasteiger partial charge is 0.481 e. The van der Waals surface area contributed by atoms with Crippen LogP contribution in [0.2, 0.25) is 0 Å². The number of carboxylic acid groups (broad SMARTS) is 1. The molecule has 6 N–H and O–H groups in total. The van der Waals surface area contributed by atoms with E-state index in [1.165, 1.54) is 0 Å². The van der Waals surface area contributed by atoms with Gasteiger partial charge < -0.3 is 31.0 Å². The van der Waals surface area contributed by atoms with E-state index in [0.717, 1.165) is 25.9 Å². The molecule has 1 fully saturated rings. The predicted octanol–water partition coefficient (Wildman–Crippen LogP) is -0.495. The van der Waals surface area contributed by atoms with Gasteiger partial charge in [0.2, 0.25) is 17.7 Å². The molecule has 1 aliphatic heterocycles. The normalized spacial score (nSPS) is 17.4. The summed E-state index contributed by atoms with van der Waals surface area (Å²) < 4.78 is 5.39. The Morgan fingerprint density at radius 1 is 1.32 bits per heavy atom. The van der Waals surface area contributed by atoms with Gasteiger partial charge in [-0.2, -0.15) is 0 Å². The van der Waals surface area contributed by atoms with E-state index >= 15 is 0 Å². The molecule has 11 heteroatoms. The molecule has 1 aliphatic rings.